The monoisotopic (exact) mass is 246 g/mol. The fourth-order valence-corrected chi connectivity index (χ4v) is 1.61. The molecule has 18 heavy (non-hydrogen) atoms. The summed E-state index contributed by atoms with van der Waals surface area (Å²) in [6, 6.07) is 6.10. The quantitative estimate of drug-likeness (QED) is 0.568. The molecule has 0 aromatic heterocycles. The Balaban J connectivity index is 3.08. The molecule has 0 aliphatic carbocycles. The first-order chi connectivity index (χ1) is 8.34. The van der Waals surface area contributed by atoms with E-state index in [9.17, 15) is 9.18 Å². The maximum absolute atomic E-state index is 12.8. The minimum absolute atomic E-state index is 0.0896. The van der Waals surface area contributed by atoms with Crippen LogP contribution in [-0.4, -0.2) is 5.78 Å². The molecule has 0 atom stereocenters. The van der Waals surface area contributed by atoms with Crippen molar-refractivity contribution in [3.8, 4) is 0 Å². The Morgan fingerprint density at radius 2 is 1.83 bits per heavy atom. The molecule has 96 valence electrons. The summed E-state index contributed by atoms with van der Waals surface area (Å²) in [4.78, 5) is 12.2. The lowest BCUT2D eigenvalue weighted by Crippen LogP contribution is -2.21. The molecule has 0 aliphatic rings. The van der Waals surface area contributed by atoms with Crippen molar-refractivity contribution >= 4 is 11.9 Å². The van der Waals surface area contributed by atoms with Crippen molar-refractivity contribution in [1.82, 2.24) is 0 Å². The molecule has 2 heteroatoms. The van der Waals surface area contributed by atoms with E-state index in [-0.39, 0.29) is 11.6 Å². The summed E-state index contributed by atoms with van der Waals surface area (Å²) in [5, 5.41) is 0. The third kappa shape index (κ3) is 3.95. The first-order valence-electron chi connectivity index (χ1n) is 5.96. The topological polar surface area (TPSA) is 17.1 Å². The average molecular weight is 246 g/mol. The van der Waals surface area contributed by atoms with Gasteiger partial charge in [-0.1, -0.05) is 39.0 Å². The predicted molar refractivity (Wildman–Crippen MR) is 73.7 cm³/mol. The number of hydrogen-bond donors (Lipinski definition) is 0. The van der Waals surface area contributed by atoms with E-state index in [1.807, 2.05) is 20.8 Å². The number of benzene rings is 1. The van der Waals surface area contributed by atoms with E-state index in [1.165, 1.54) is 12.1 Å². The largest absolute Gasteiger partial charge is 0.294 e. The van der Waals surface area contributed by atoms with Crippen LogP contribution >= 0.6 is 0 Å². The minimum Gasteiger partial charge on any atom is -0.294 e. The van der Waals surface area contributed by atoms with Crippen LogP contribution < -0.4 is 0 Å². The Kier molecular flexibility index (Phi) is 4.60. The molecular formula is C16H19FO. The van der Waals surface area contributed by atoms with Crippen molar-refractivity contribution in [3.05, 3.63) is 53.9 Å². The molecule has 0 spiro atoms. The summed E-state index contributed by atoms with van der Waals surface area (Å²) in [5.74, 6) is -0.189. The second-order valence-corrected chi connectivity index (χ2v) is 5.29. The zero-order valence-electron chi connectivity index (χ0n) is 11.2. The molecule has 0 bridgehead atoms. The third-order valence-electron chi connectivity index (χ3n) is 2.55. The number of allylic oxidation sites excluding steroid dienone is 2. The molecule has 0 fully saturated rings. The maximum atomic E-state index is 12.8. The minimum atomic E-state index is -0.422. The third-order valence-corrected chi connectivity index (χ3v) is 2.55. The van der Waals surface area contributed by atoms with Crippen LogP contribution in [0.15, 0.2) is 42.5 Å². The van der Waals surface area contributed by atoms with Crippen LogP contribution in [0.25, 0.3) is 6.08 Å². The van der Waals surface area contributed by atoms with Crippen molar-refractivity contribution in [2.24, 2.45) is 5.41 Å². The predicted octanol–water partition coefficient (Wildman–Crippen LogP) is 4.40. The Labute approximate surface area is 108 Å². The number of Topliss-reactive ketones (excluding diaryl/α,β-unsaturated/α-hetero) is 1. The van der Waals surface area contributed by atoms with E-state index < -0.39 is 5.41 Å². The first-order valence-corrected chi connectivity index (χ1v) is 5.96. The molecule has 0 saturated carbocycles. The van der Waals surface area contributed by atoms with Gasteiger partial charge in [0.1, 0.15) is 5.82 Å². The summed E-state index contributed by atoms with van der Waals surface area (Å²) in [5.41, 5.74) is 1.10. The van der Waals surface area contributed by atoms with Crippen molar-refractivity contribution in [2.75, 3.05) is 0 Å². The van der Waals surface area contributed by atoms with Gasteiger partial charge in [0, 0.05) is 11.0 Å². The fraction of sp³-hybridized carbons (Fsp3) is 0.312. The molecule has 0 unspecified atom stereocenters. The van der Waals surface area contributed by atoms with Gasteiger partial charge in [0.2, 0.25) is 0 Å². The molecule has 0 heterocycles. The number of rotatable bonds is 4. The molecule has 1 aromatic carbocycles. The molecule has 1 aromatic rings. The lowest BCUT2D eigenvalue weighted by Gasteiger charge is -2.18. The molecule has 0 amide bonds. The first kappa shape index (κ1) is 14.4. The highest BCUT2D eigenvalue weighted by Gasteiger charge is 2.23. The molecule has 1 nitrogen and oxygen atoms in total. The number of carbonyl (C=O) groups excluding carboxylic acids is 1. The smallest absolute Gasteiger partial charge is 0.164 e. The van der Waals surface area contributed by atoms with Gasteiger partial charge in [-0.2, -0.15) is 0 Å². The Hall–Kier alpha value is -1.70. The van der Waals surface area contributed by atoms with Crippen molar-refractivity contribution in [2.45, 2.75) is 27.2 Å². The molecule has 0 saturated heterocycles. The molecule has 0 N–H and O–H groups in total. The Bertz CT molecular complexity index is 461. The van der Waals surface area contributed by atoms with Crippen LogP contribution in [-0.2, 0) is 4.79 Å². The van der Waals surface area contributed by atoms with E-state index >= 15 is 0 Å². The SMILES string of the molecule is C=CC/C(=C\c1ccc(F)cc1)C(=O)C(C)(C)C. The van der Waals surface area contributed by atoms with E-state index in [4.69, 9.17) is 0 Å². The summed E-state index contributed by atoms with van der Waals surface area (Å²) >= 11 is 0. The van der Waals surface area contributed by atoms with Crippen LogP contribution in [0.3, 0.4) is 0 Å². The maximum Gasteiger partial charge on any atom is 0.164 e. The Morgan fingerprint density at radius 1 is 1.28 bits per heavy atom. The van der Waals surface area contributed by atoms with Crippen molar-refractivity contribution < 1.29 is 9.18 Å². The number of ketones is 1. The standard InChI is InChI=1S/C16H19FO/c1-5-6-13(15(18)16(2,3)4)11-12-7-9-14(17)10-8-12/h5,7-11H,1,6H2,2-4H3/b13-11+. The van der Waals surface area contributed by atoms with Gasteiger partial charge in [-0.05, 0) is 30.2 Å². The summed E-state index contributed by atoms with van der Waals surface area (Å²) in [7, 11) is 0. The second kappa shape index (κ2) is 5.76. The fourth-order valence-electron chi connectivity index (χ4n) is 1.61. The lowest BCUT2D eigenvalue weighted by atomic mass is 9.84. The van der Waals surface area contributed by atoms with Crippen LogP contribution in [0.4, 0.5) is 4.39 Å². The average Bonchev–Trinajstić information content (AvgIpc) is 2.29. The normalized spacial score (nSPS) is 12.3. The van der Waals surface area contributed by atoms with Gasteiger partial charge in [0.25, 0.3) is 0 Å². The molecule has 0 aliphatic heterocycles. The van der Waals surface area contributed by atoms with Crippen molar-refractivity contribution in [1.29, 1.82) is 0 Å². The van der Waals surface area contributed by atoms with Gasteiger partial charge >= 0.3 is 0 Å². The lowest BCUT2D eigenvalue weighted by molar-refractivity contribution is -0.122. The van der Waals surface area contributed by atoms with Crippen molar-refractivity contribution in [3.63, 3.8) is 0 Å². The van der Waals surface area contributed by atoms with E-state index in [0.29, 0.717) is 12.0 Å². The Morgan fingerprint density at radius 3 is 2.28 bits per heavy atom. The highest BCUT2D eigenvalue weighted by Crippen LogP contribution is 2.23. The summed E-state index contributed by atoms with van der Waals surface area (Å²) in [6.45, 7) is 9.33. The van der Waals surface area contributed by atoms with Gasteiger partial charge in [-0.15, -0.1) is 6.58 Å². The molecule has 0 radical (unpaired) electrons. The van der Waals surface area contributed by atoms with Gasteiger partial charge in [0.15, 0.2) is 5.78 Å². The van der Waals surface area contributed by atoms with Crippen LogP contribution in [0.2, 0.25) is 0 Å². The molecule has 1 rings (SSSR count). The summed E-state index contributed by atoms with van der Waals surface area (Å²) in [6.07, 6.45) is 4.03. The second-order valence-electron chi connectivity index (χ2n) is 5.29. The zero-order chi connectivity index (χ0) is 13.8. The number of halogens is 1. The van der Waals surface area contributed by atoms with E-state index in [1.54, 1.807) is 24.3 Å². The summed E-state index contributed by atoms with van der Waals surface area (Å²) < 4.78 is 12.8. The van der Waals surface area contributed by atoms with E-state index in [0.717, 1.165) is 5.56 Å². The molecular weight excluding hydrogens is 227 g/mol. The van der Waals surface area contributed by atoms with E-state index in [2.05, 4.69) is 6.58 Å². The highest BCUT2D eigenvalue weighted by molar-refractivity contribution is 6.02. The van der Waals surface area contributed by atoms with Gasteiger partial charge in [-0.25, -0.2) is 4.39 Å². The highest BCUT2D eigenvalue weighted by atomic mass is 19.1. The number of hydrogen-bond acceptors (Lipinski definition) is 1. The van der Waals surface area contributed by atoms with Gasteiger partial charge in [-0.3, -0.25) is 4.79 Å². The zero-order valence-corrected chi connectivity index (χ0v) is 11.2. The van der Waals surface area contributed by atoms with Crippen LogP contribution in [0, 0.1) is 11.2 Å². The van der Waals surface area contributed by atoms with Crippen LogP contribution in [0.5, 0.6) is 0 Å². The van der Waals surface area contributed by atoms with Gasteiger partial charge < -0.3 is 0 Å². The number of carbonyl (C=O) groups is 1. The van der Waals surface area contributed by atoms with Crippen LogP contribution in [0.1, 0.15) is 32.8 Å². The van der Waals surface area contributed by atoms with Gasteiger partial charge in [0.05, 0.1) is 0 Å².